The standard InChI is InChI=1S/C18H24F2N2O2/c1-21(13-18(23)24)16-5-3-10-22(11-8-16)9-2-4-14-6-7-15(19)12-17(14)20/h2,4,6-7,12,16H,3,5,8-11,13H2,1H3,(H,23,24)/b4-2+. The number of benzene rings is 1. The largest absolute Gasteiger partial charge is 0.480 e. The van der Waals surface area contributed by atoms with Crippen molar-refractivity contribution in [3.05, 3.63) is 41.5 Å². The van der Waals surface area contributed by atoms with Crippen LogP contribution in [0, 0.1) is 11.6 Å². The van der Waals surface area contributed by atoms with Crippen molar-refractivity contribution in [1.29, 1.82) is 0 Å². The van der Waals surface area contributed by atoms with Crippen LogP contribution in [0.15, 0.2) is 24.3 Å². The van der Waals surface area contributed by atoms with Crippen LogP contribution in [0.2, 0.25) is 0 Å². The van der Waals surface area contributed by atoms with E-state index in [2.05, 4.69) is 4.90 Å². The smallest absolute Gasteiger partial charge is 0.317 e. The van der Waals surface area contributed by atoms with E-state index in [0.717, 1.165) is 38.4 Å². The van der Waals surface area contributed by atoms with E-state index in [9.17, 15) is 13.6 Å². The van der Waals surface area contributed by atoms with Crippen LogP contribution in [0.25, 0.3) is 6.08 Å². The lowest BCUT2D eigenvalue weighted by Gasteiger charge is -2.25. The number of carbonyl (C=O) groups is 1. The Bertz CT molecular complexity index is 592. The second-order valence-corrected chi connectivity index (χ2v) is 6.26. The Morgan fingerprint density at radius 2 is 2.17 bits per heavy atom. The van der Waals surface area contributed by atoms with Crippen LogP contribution in [-0.4, -0.2) is 60.1 Å². The first-order chi connectivity index (χ1) is 11.5. The molecule has 1 aliphatic heterocycles. The van der Waals surface area contributed by atoms with Gasteiger partial charge in [-0.05, 0) is 51.5 Å². The van der Waals surface area contributed by atoms with E-state index in [4.69, 9.17) is 5.11 Å². The van der Waals surface area contributed by atoms with Gasteiger partial charge in [0, 0.05) is 24.2 Å². The number of carboxylic acid groups (broad SMARTS) is 1. The number of likely N-dealkylation sites (tertiary alicyclic amines) is 1. The van der Waals surface area contributed by atoms with Gasteiger partial charge >= 0.3 is 5.97 Å². The minimum atomic E-state index is -0.803. The summed E-state index contributed by atoms with van der Waals surface area (Å²) >= 11 is 0. The van der Waals surface area contributed by atoms with Crippen molar-refractivity contribution >= 4 is 12.0 Å². The van der Waals surface area contributed by atoms with E-state index in [1.165, 1.54) is 12.1 Å². The van der Waals surface area contributed by atoms with E-state index >= 15 is 0 Å². The maximum absolute atomic E-state index is 13.6. The highest BCUT2D eigenvalue weighted by Crippen LogP contribution is 2.16. The second-order valence-electron chi connectivity index (χ2n) is 6.26. The summed E-state index contributed by atoms with van der Waals surface area (Å²) in [7, 11) is 1.85. The molecule has 0 radical (unpaired) electrons. The Balaban J connectivity index is 1.84. The van der Waals surface area contributed by atoms with E-state index in [1.807, 2.05) is 18.0 Å². The van der Waals surface area contributed by atoms with Crippen molar-refractivity contribution < 1.29 is 18.7 Å². The van der Waals surface area contributed by atoms with Crippen molar-refractivity contribution in [1.82, 2.24) is 9.80 Å². The van der Waals surface area contributed by atoms with Crippen molar-refractivity contribution in [2.75, 3.05) is 33.2 Å². The summed E-state index contributed by atoms with van der Waals surface area (Å²) in [5.74, 6) is -1.94. The van der Waals surface area contributed by atoms with Gasteiger partial charge in [0.15, 0.2) is 0 Å². The van der Waals surface area contributed by atoms with Crippen LogP contribution in [-0.2, 0) is 4.79 Å². The third-order valence-electron chi connectivity index (χ3n) is 4.42. The van der Waals surface area contributed by atoms with Crippen molar-refractivity contribution in [3.8, 4) is 0 Å². The molecule has 1 atom stereocenters. The molecule has 0 bridgehead atoms. The molecule has 1 fully saturated rings. The highest BCUT2D eigenvalue weighted by Gasteiger charge is 2.21. The monoisotopic (exact) mass is 338 g/mol. The van der Waals surface area contributed by atoms with Crippen molar-refractivity contribution in [2.45, 2.75) is 25.3 Å². The normalized spacial score (nSPS) is 19.8. The Kier molecular flexibility index (Phi) is 6.87. The molecule has 1 aromatic carbocycles. The van der Waals surface area contributed by atoms with E-state index < -0.39 is 17.6 Å². The predicted molar refractivity (Wildman–Crippen MR) is 89.7 cm³/mol. The van der Waals surface area contributed by atoms with Crippen LogP contribution in [0.5, 0.6) is 0 Å². The lowest BCUT2D eigenvalue weighted by Crippen LogP contribution is -2.36. The molecule has 1 aromatic rings. The van der Waals surface area contributed by atoms with Crippen LogP contribution >= 0.6 is 0 Å². The SMILES string of the molecule is CN(CC(=O)O)C1CCCN(C/C=C/c2ccc(F)cc2F)CC1. The first-order valence-corrected chi connectivity index (χ1v) is 8.21. The van der Waals surface area contributed by atoms with Gasteiger partial charge in [-0.1, -0.05) is 12.2 Å². The molecule has 1 unspecified atom stereocenters. The van der Waals surface area contributed by atoms with E-state index in [1.54, 1.807) is 6.08 Å². The molecule has 0 aromatic heterocycles. The number of nitrogens with zero attached hydrogens (tertiary/aromatic N) is 2. The second kappa shape index (κ2) is 8.89. The molecule has 6 heteroatoms. The zero-order valence-electron chi connectivity index (χ0n) is 13.9. The maximum atomic E-state index is 13.6. The van der Waals surface area contributed by atoms with E-state index in [-0.39, 0.29) is 12.6 Å². The fourth-order valence-electron chi connectivity index (χ4n) is 3.07. The molecule has 24 heavy (non-hydrogen) atoms. The Morgan fingerprint density at radius 1 is 1.38 bits per heavy atom. The number of carboxylic acids is 1. The summed E-state index contributed by atoms with van der Waals surface area (Å²) in [6.07, 6.45) is 6.47. The first-order valence-electron chi connectivity index (χ1n) is 8.21. The van der Waals surface area contributed by atoms with Gasteiger partial charge in [0.1, 0.15) is 11.6 Å². The van der Waals surface area contributed by atoms with Crippen molar-refractivity contribution in [3.63, 3.8) is 0 Å². The predicted octanol–water partition coefficient (Wildman–Crippen LogP) is 2.85. The molecule has 2 rings (SSSR count). The summed E-state index contributed by atoms with van der Waals surface area (Å²) in [4.78, 5) is 15.0. The number of hydrogen-bond acceptors (Lipinski definition) is 3. The quantitative estimate of drug-likeness (QED) is 0.866. The number of rotatable bonds is 6. The minimum absolute atomic E-state index is 0.0639. The van der Waals surface area contributed by atoms with Crippen molar-refractivity contribution in [2.24, 2.45) is 0 Å². The lowest BCUT2D eigenvalue weighted by atomic mass is 10.1. The molecule has 0 aliphatic carbocycles. The topological polar surface area (TPSA) is 43.8 Å². The van der Waals surface area contributed by atoms with Gasteiger partial charge in [-0.15, -0.1) is 0 Å². The fraction of sp³-hybridized carbons (Fsp3) is 0.500. The molecular formula is C18H24F2N2O2. The minimum Gasteiger partial charge on any atom is -0.480 e. The zero-order valence-corrected chi connectivity index (χ0v) is 13.9. The molecule has 0 amide bonds. The summed E-state index contributed by atoms with van der Waals surface area (Å²) in [6.45, 7) is 2.58. The fourth-order valence-corrected chi connectivity index (χ4v) is 3.07. The highest BCUT2D eigenvalue weighted by atomic mass is 19.1. The number of hydrogen-bond donors (Lipinski definition) is 1. The summed E-state index contributed by atoms with van der Waals surface area (Å²) < 4.78 is 26.4. The molecule has 0 spiro atoms. The third-order valence-corrected chi connectivity index (χ3v) is 4.42. The van der Waals surface area contributed by atoms with Gasteiger partial charge in [-0.2, -0.15) is 0 Å². The van der Waals surface area contributed by atoms with Crippen LogP contribution in [0.4, 0.5) is 8.78 Å². The number of aliphatic carboxylic acids is 1. The van der Waals surface area contributed by atoms with Crippen LogP contribution in [0.1, 0.15) is 24.8 Å². The average Bonchev–Trinajstić information content (AvgIpc) is 2.74. The Hall–Kier alpha value is -1.79. The maximum Gasteiger partial charge on any atom is 0.317 e. The Labute approximate surface area is 141 Å². The van der Waals surface area contributed by atoms with Gasteiger partial charge < -0.3 is 5.11 Å². The zero-order chi connectivity index (χ0) is 17.5. The number of halogens is 2. The third kappa shape index (κ3) is 5.69. The first kappa shape index (κ1) is 18.5. The molecular weight excluding hydrogens is 314 g/mol. The van der Waals surface area contributed by atoms with Crippen LogP contribution < -0.4 is 0 Å². The molecule has 1 saturated heterocycles. The molecule has 1 N–H and O–H groups in total. The molecule has 132 valence electrons. The average molecular weight is 338 g/mol. The van der Waals surface area contributed by atoms with Gasteiger partial charge in [-0.25, -0.2) is 8.78 Å². The summed E-state index contributed by atoms with van der Waals surface area (Å²) in [5.41, 5.74) is 0.380. The molecule has 0 saturated carbocycles. The van der Waals surface area contributed by atoms with Crippen LogP contribution in [0.3, 0.4) is 0 Å². The summed E-state index contributed by atoms with van der Waals surface area (Å²) in [6, 6.07) is 3.84. The lowest BCUT2D eigenvalue weighted by molar-refractivity contribution is -0.138. The summed E-state index contributed by atoms with van der Waals surface area (Å²) in [5, 5.41) is 8.89. The Morgan fingerprint density at radius 3 is 2.88 bits per heavy atom. The van der Waals surface area contributed by atoms with Gasteiger partial charge in [0.25, 0.3) is 0 Å². The van der Waals surface area contributed by atoms with E-state index in [0.29, 0.717) is 12.1 Å². The van der Waals surface area contributed by atoms with Gasteiger partial charge in [0.05, 0.1) is 6.54 Å². The molecule has 4 nitrogen and oxygen atoms in total. The molecule has 1 heterocycles. The van der Waals surface area contributed by atoms with Gasteiger partial charge in [-0.3, -0.25) is 14.6 Å². The van der Waals surface area contributed by atoms with Gasteiger partial charge in [0.2, 0.25) is 0 Å². The highest BCUT2D eigenvalue weighted by molar-refractivity contribution is 5.69. The molecule has 1 aliphatic rings. The number of likely N-dealkylation sites (N-methyl/N-ethyl adjacent to an activating group) is 1.